The lowest BCUT2D eigenvalue weighted by Crippen LogP contribution is -2.60. The molecule has 6 nitrogen and oxygen atoms in total. The standard InChI is InChI=1S/C12H22N2O4/c1-4-12(5-2,10(16)17)14-9(15)11(3)7-18-6-8(11)13/h8H,4-7,13H2,1-3H3,(H,14,15)(H,16,17). The molecule has 1 aliphatic rings. The molecule has 1 aliphatic heterocycles. The van der Waals surface area contributed by atoms with Crippen LogP contribution in [0.5, 0.6) is 0 Å². The highest BCUT2D eigenvalue weighted by atomic mass is 16.5. The second kappa shape index (κ2) is 5.24. The van der Waals surface area contributed by atoms with E-state index >= 15 is 0 Å². The lowest BCUT2D eigenvalue weighted by Gasteiger charge is -2.33. The zero-order valence-electron chi connectivity index (χ0n) is 11.2. The Balaban J connectivity index is 2.89. The van der Waals surface area contributed by atoms with E-state index in [4.69, 9.17) is 10.5 Å². The molecule has 0 aromatic carbocycles. The van der Waals surface area contributed by atoms with E-state index in [1.54, 1.807) is 20.8 Å². The van der Waals surface area contributed by atoms with Crippen LogP contribution in [0.1, 0.15) is 33.6 Å². The number of amides is 1. The number of carbonyl (C=O) groups is 2. The molecule has 2 unspecified atom stereocenters. The summed E-state index contributed by atoms with van der Waals surface area (Å²) in [7, 11) is 0. The summed E-state index contributed by atoms with van der Waals surface area (Å²) >= 11 is 0. The van der Waals surface area contributed by atoms with Crippen LogP contribution >= 0.6 is 0 Å². The van der Waals surface area contributed by atoms with Gasteiger partial charge in [0.1, 0.15) is 5.54 Å². The molecule has 1 fully saturated rings. The molecule has 0 aromatic heterocycles. The van der Waals surface area contributed by atoms with Gasteiger partial charge in [-0.25, -0.2) is 4.79 Å². The number of carboxylic acid groups (broad SMARTS) is 1. The van der Waals surface area contributed by atoms with E-state index in [0.29, 0.717) is 19.4 Å². The number of carboxylic acids is 1. The van der Waals surface area contributed by atoms with Gasteiger partial charge in [0.25, 0.3) is 0 Å². The van der Waals surface area contributed by atoms with Crippen LogP contribution in [-0.2, 0) is 14.3 Å². The Labute approximate surface area is 107 Å². The fourth-order valence-electron chi connectivity index (χ4n) is 2.07. The topological polar surface area (TPSA) is 102 Å². The molecular weight excluding hydrogens is 236 g/mol. The van der Waals surface area contributed by atoms with E-state index < -0.39 is 23.0 Å². The smallest absolute Gasteiger partial charge is 0.329 e. The summed E-state index contributed by atoms with van der Waals surface area (Å²) < 4.78 is 5.20. The van der Waals surface area contributed by atoms with Crippen molar-refractivity contribution in [2.45, 2.75) is 45.2 Å². The van der Waals surface area contributed by atoms with Crippen LogP contribution in [0, 0.1) is 5.41 Å². The van der Waals surface area contributed by atoms with Crippen molar-refractivity contribution in [2.75, 3.05) is 13.2 Å². The largest absolute Gasteiger partial charge is 0.480 e. The lowest BCUT2D eigenvalue weighted by atomic mass is 9.82. The molecule has 1 amide bonds. The van der Waals surface area contributed by atoms with Gasteiger partial charge in [0.05, 0.1) is 18.6 Å². The number of ether oxygens (including phenoxy) is 1. The first-order valence-corrected chi connectivity index (χ1v) is 6.21. The predicted molar refractivity (Wildman–Crippen MR) is 66.0 cm³/mol. The Morgan fingerprint density at radius 3 is 2.39 bits per heavy atom. The summed E-state index contributed by atoms with van der Waals surface area (Å²) in [4.78, 5) is 23.6. The van der Waals surface area contributed by atoms with Crippen LogP contribution in [0.4, 0.5) is 0 Å². The predicted octanol–water partition coefficient (Wildman–Crippen LogP) is 0.110. The van der Waals surface area contributed by atoms with Gasteiger partial charge in [0.15, 0.2) is 0 Å². The van der Waals surface area contributed by atoms with Crippen molar-refractivity contribution in [3.05, 3.63) is 0 Å². The van der Waals surface area contributed by atoms with Gasteiger partial charge < -0.3 is 20.9 Å². The van der Waals surface area contributed by atoms with Gasteiger partial charge >= 0.3 is 5.97 Å². The Bertz CT molecular complexity index is 341. The van der Waals surface area contributed by atoms with Gasteiger partial charge in [-0.15, -0.1) is 0 Å². The van der Waals surface area contributed by atoms with Crippen molar-refractivity contribution in [3.63, 3.8) is 0 Å². The van der Waals surface area contributed by atoms with E-state index in [0.717, 1.165) is 0 Å². The normalized spacial score (nSPS) is 28.1. The van der Waals surface area contributed by atoms with Gasteiger partial charge in [0, 0.05) is 6.04 Å². The fraction of sp³-hybridized carbons (Fsp3) is 0.833. The quantitative estimate of drug-likeness (QED) is 0.649. The molecule has 0 saturated carbocycles. The summed E-state index contributed by atoms with van der Waals surface area (Å²) in [6, 6.07) is -0.405. The number of hydrogen-bond donors (Lipinski definition) is 3. The molecule has 2 atom stereocenters. The fourth-order valence-corrected chi connectivity index (χ4v) is 2.07. The van der Waals surface area contributed by atoms with Gasteiger partial charge in [-0.3, -0.25) is 4.79 Å². The molecule has 18 heavy (non-hydrogen) atoms. The lowest BCUT2D eigenvalue weighted by molar-refractivity contribution is -0.150. The Morgan fingerprint density at radius 2 is 2.06 bits per heavy atom. The molecule has 104 valence electrons. The summed E-state index contributed by atoms with van der Waals surface area (Å²) in [6.45, 7) is 5.74. The highest BCUT2D eigenvalue weighted by molar-refractivity contribution is 5.90. The van der Waals surface area contributed by atoms with E-state index in [1.165, 1.54) is 0 Å². The third-order valence-corrected chi connectivity index (χ3v) is 4.01. The highest BCUT2D eigenvalue weighted by Gasteiger charge is 2.48. The zero-order valence-corrected chi connectivity index (χ0v) is 11.2. The van der Waals surface area contributed by atoms with Crippen LogP contribution < -0.4 is 11.1 Å². The van der Waals surface area contributed by atoms with Crippen molar-refractivity contribution in [2.24, 2.45) is 11.1 Å². The summed E-state index contributed by atoms with van der Waals surface area (Å²) in [5, 5.41) is 11.9. The van der Waals surface area contributed by atoms with Crippen molar-refractivity contribution in [3.8, 4) is 0 Å². The number of carbonyl (C=O) groups excluding carboxylic acids is 1. The Hall–Kier alpha value is -1.14. The average molecular weight is 258 g/mol. The molecular formula is C12H22N2O4. The van der Waals surface area contributed by atoms with Crippen LogP contribution in [0.25, 0.3) is 0 Å². The van der Waals surface area contributed by atoms with E-state index in [2.05, 4.69) is 5.32 Å². The van der Waals surface area contributed by atoms with Crippen LogP contribution in [0.2, 0.25) is 0 Å². The van der Waals surface area contributed by atoms with E-state index in [-0.39, 0.29) is 12.5 Å². The Kier molecular flexibility index (Phi) is 4.34. The second-order valence-corrected chi connectivity index (χ2v) is 5.09. The maximum Gasteiger partial charge on any atom is 0.329 e. The number of rotatable bonds is 5. The molecule has 0 bridgehead atoms. The molecule has 4 N–H and O–H groups in total. The first kappa shape index (κ1) is 14.9. The molecule has 0 spiro atoms. The first-order valence-electron chi connectivity index (χ1n) is 6.21. The minimum atomic E-state index is -1.22. The maximum absolute atomic E-state index is 12.3. The molecule has 6 heteroatoms. The third kappa shape index (κ3) is 2.35. The highest BCUT2D eigenvalue weighted by Crippen LogP contribution is 2.29. The van der Waals surface area contributed by atoms with Crippen molar-refractivity contribution in [1.82, 2.24) is 5.32 Å². The van der Waals surface area contributed by atoms with Crippen molar-refractivity contribution >= 4 is 11.9 Å². The summed E-state index contributed by atoms with van der Waals surface area (Å²) in [5.74, 6) is -1.37. The average Bonchev–Trinajstić information content (AvgIpc) is 2.67. The van der Waals surface area contributed by atoms with Crippen LogP contribution in [0.3, 0.4) is 0 Å². The van der Waals surface area contributed by atoms with E-state index in [1.807, 2.05) is 0 Å². The Morgan fingerprint density at radius 1 is 1.50 bits per heavy atom. The maximum atomic E-state index is 12.3. The molecule has 1 saturated heterocycles. The minimum absolute atomic E-state index is 0.225. The van der Waals surface area contributed by atoms with Crippen LogP contribution in [0.15, 0.2) is 0 Å². The van der Waals surface area contributed by atoms with E-state index in [9.17, 15) is 14.7 Å². The van der Waals surface area contributed by atoms with Crippen molar-refractivity contribution < 1.29 is 19.4 Å². The van der Waals surface area contributed by atoms with Gasteiger partial charge in [-0.05, 0) is 19.8 Å². The SMILES string of the molecule is CCC(CC)(NC(=O)C1(C)COCC1N)C(=O)O. The molecule has 1 heterocycles. The van der Waals surface area contributed by atoms with Crippen molar-refractivity contribution in [1.29, 1.82) is 0 Å². The molecule has 1 rings (SSSR count). The minimum Gasteiger partial charge on any atom is -0.480 e. The van der Waals surface area contributed by atoms with Crippen LogP contribution in [-0.4, -0.2) is 41.8 Å². The van der Waals surface area contributed by atoms with Gasteiger partial charge in [-0.2, -0.15) is 0 Å². The number of nitrogens with two attached hydrogens (primary N) is 1. The second-order valence-electron chi connectivity index (χ2n) is 5.09. The van der Waals surface area contributed by atoms with Gasteiger partial charge in [-0.1, -0.05) is 13.8 Å². The summed E-state index contributed by atoms with van der Waals surface area (Å²) in [5.41, 5.74) is 3.78. The molecule has 0 aliphatic carbocycles. The molecule has 0 aromatic rings. The summed E-state index contributed by atoms with van der Waals surface area (Å²) in [6.07, 6.45) is 0.660. The molecule has 0 radical (unpaired) electrons. The number of nitrogens with one attached hydrogen (secondary N) is 1. The zero-order chi connectivity index (χ0) is 14.0. The monoisotopic (exact) mass is 258 g/mol. The number of aliphatic carboxylic acids is 1. The first-order chi connectivity index (χ1) is 8.32. The number of hydrogen-bond acceptors (Lipinski definition) is 4. The van der Waals surface area contributed by atoms with Gasteiger partial charge in [0.2, 0.25) is 5.91 Å². The third-order valence-electron chi connectivity index (χ3n) is 4.01.